The standard InChI is InChI=1S/C64H44Ge2/c65-59-35-11-9-24-48(59)45-23-8-7-22-44(45)46-28-15-32-52-57(46)39-58-47(49-34-17-37-61-62(49)54-25-10-12-36-60(54)66-61)29-16-33-53(58)64(52)63-50-30-13-26-42(40-18-3-1-4-19-40)55(50)38-56-43(27-14-31-51(56)63)41-20-5-2-6-21-41/h1-39H,66H2,65H3. The Morgan fingerprint density at radius 3 is 1.14 bits per heavy atom. The van der Waals surface area contributed by atoms with Crippen LogP contribution in [-0.2, 0) is 0 Å². The zero-order valence-corrected chi connectivity index (χ0v) is 43.9. The fraction of sp³-hybridized carbons (Fsp3) is 0. The van der Waals surface area contributed by atoms with Crippen molar-refractivity contribution in [1.29, 1.82) is 0 Å². The van der Waals surface area contributed by atoms with Gasteiger partial charge in [0, 0.05) is 0 Å². The minimum absolute atomic E-state index is 0.527. The fourth-order valence-corrected chi connectivity index (χ4v) is 16.8. The molecule has 12 aromatic carbocycles. The van der Waals surface area contributed by atoms with Crippen molar-refractivity contribution in [2.45, 2.75) is 0 Å². The molecule has 0 bridgehead atoms. The van der Waals surface area contributed by atoms with Gasteiger partial charge in [-0.1, -0.05) is 60.7 Å². The van der Waals surface area contributed by atoms with Gasteiger partial charge in [0.25, 0.3) is 0 Å². The summed E-state index contributed by atoms with van der Waals surface area (Å²) >= 11 is -0.607. The van der Waals surface area contributed by atoms with E-state index in [2.05, 4.69) is 237 Å². The van der Waals surface area contributed by atoms with Crippen molar-refractivity contribution in [2.75, 3.05) is 0 Å². The number of hydrogen-bond donors (Lipinski definition) is 0. The molecule has 1 aliphatic heterocycles. The van der Waals surface area contributed by atoms with E-state index in [1.165, 1.54) is 125 Å². The van der Waals surface area contributed by atoms with E-state index in [0.29, 0.717) is 16.5 Å². The van der Waals surface area contributed by atoms with Crippen LogP contribution < -0.4 is 13.2 Å². The molecule has 0 saturated heterocycles. The van der Waals surface area contributed by atoms with Crippen LogP contribution in [0.3, 0.4) is 0 Å². The fourth-order valence-electron chi connectivity index (χ4n) is 11.3. The van der Waals surface area contributed by atoms with Crippen molar-refractivity contribution in [3.05, 3.63) is 237 Å². The molecule has 0 N–H and O–H groups in total. The Balaban J connectivity index is 1.22. The van der Waals surface area contributed by atoms with E-state index in [9.17, 15) is 0 Å². The molecule has 12 aromatic rings. The maximum absolute atomic E-state index is 2.55. The molecule has 1 aliphatic rings. The van der Waals surface area contributed by atoms with Crippen LogP contribution >= 0.6 is 0 Å². The van der Waals surface area contributed by atoms with Crippen LogP contribution in [0, 0.1) is 0 Å². The summed E-state index contributed by atoms with van der Waals surface area (Å²) in [5.41, 5.74) is 18.2. The topological polar surface area (TPSA) is 0 Å². The van der Waals surface area contributed by atoms with Gasteiger partial charge in [-0.15, -0.1) is 0 Å². The first-order valence-electron chi connectivity index (χ1n) is 23.1. The summed E-state index contributed by atoms with van der Waals surface area (Å²) in [6.45, 7) is 0. The van der Waals surface area contributed by atoms with Crippen molar-refractivity contribution in [3.8, 4) is 77.9 Å². The Morgan fingerprint density at radius 1 is 0.227 bits per heavy atom. The Kier molecular flexibility index (Phi) is 9.51. The van der Waals surface area contributed by atoms with Gasteiger partial charge in [0.15, 0.2) is 0 Å². The van der Waals surface area contributed by atoms with Crippen molar-refractivity contribution >= 4 is 88.2 Å². The predicted octanol–water partition coefficient (Wildman–Crippen LogP) is 13.4. The Labute approximate surface area is 399 Å². The monoisotopic (exact) mass is 960 g/mol. The minimum atomic E-state index is -1.13. The molecule has 0 saturated carbocycles. The summed E-state index contributed by atoms with van der Waals surface area (Å²) in [6, 6.07) is 89.4. The van der Waals surface area contributed by atoms with Crippen LogP contribution in [0.4, 0.5) is 0 Å². The van der Waals surface area contributed by atoms with E-state index in [4.69, 9.17) is 0 Å². The molecule has 0 aliphatic carbocycles. The van der Waals surface area contributed by atoms with E-state index >= 15 is 0 Å². The molecule has 0 fully saturated rings. The summed E-state index contributed by atoms with van der Waals surface area (Å²) in [6.07, 6.45) is 0. The van der Waals surface area contributed by atoms with Crippen LogP contribution in [0.25, 0.3) is 121 Å². The second-order valence-corrected chi connectivity index (χ2v) is 24.1. The van der Waals surface area contributed by atoms with E-state index < -0.39 is 15.4 Å². The number of fused-ring (bicyclic) bond motifs is 7. The van der Waals surface area contributed by atoms with Gasteiger partial charge in [-0.25, -0.2) is 0 Å². The molecule has 0 spiro atoms. The molecule has 0 atom stereocenters. The third-order valence-corrected chi connectivity index (χ3v) is 20.2. The van der Waals surface area contributed by atoms with Gasteiger partial charge in [0.1, 0.15) is 0 Å². The second-order valence-electron chi connectivity index (χ2n) is 17.9. The summed E-state index contributed by atoms with van der Waals surface area (Å²) in [5.74, 6) is 0. The molecule has 308 valence electrons. The first-order chi connectivity index (χ1) is 32.7. The molecular formula is C64H44Ge2. The maximum atomic E-state index is 2.55. The average molecular weight is 958 g/mol. The summed E-state index contributed by atoms with van der Waals surface area (Å²) in [7, 11) is 0. The summed E-state index contributed by atoms with van der Waals surface area (Å²) in [5, 5.41) is 10.1. The third-order valence-electron chi connectivity index (χ3n) is 14.3. The summed E-state index contributed by atoms with van der Waals surface area (Å²) < 4.78 is 4.63. The van der Waals surface area contributed by atoms with Crippen LogP contribution in [-0.4, -0.2) is 31.9 Å². The molecule has 0 amide bonds. The molecular weight excluding hydrogens is 914 g/mol. The van der Waals surface area contributed by atoms with Gasteiger partial charge in [-0.3, -0.25) is 0 Å². The second kappa shape index (κ2) is 16.0. The van der Waals surface area contributed by atoms with Crippen LogP contribution in [0.5, 0.6) is 0 Å². The zero-order chi connectivity index (χ0) is 43.7. The summed E-state index contributed by atoms with van der Waals surface area (Å²) in [4.78, 5) is 0. The Bertz CT molecular complexity index is 3810. The third kappa shape index (κ3) is 6.27. The first kappa shape index (κ1) is 39.2. The molecule has 1 heterocycles. The number of rotatable bonds is 6. The van der Waals surface area contributed by atoms with Crippen molar-refractivity contribution in [3.63, 3.8) is 0 Å². The molecule has 66 heavy (non-hydrogen) atoms. The van der Waals surface area contributed by atoms with E-state index in [1.54, 1.807) is 8.79 Å². The molecule has 0 nitrogen and oxygen atoms in total. The van der Waals surface area contributed by atoms with Gasteiger partial charge in [-0.2, -0.15) is 0 Å². The van der Waals surface area contributed by atoms with E-state index in [-0.39, 0.29) is 0 Å². The van der Waals surface area contributed by atoms with Crippen LogP contribution in [0.1, 0.15) is 0 Å². The SMILES string of the molecule is [GeH3][c]1ccccc1-c1ccccc1-c1cccc2c(-c3c4cccc(-c5ccccc5)c4cc4c(-c5ccccc5)cccc34)c3cccc(-c4ccc[c]5c4-c4cccc[c]4[GeH2]5)c3cc12. The van der Waals surface area contributed by atoms with Gasteiger partial charge in [0.2, 0.25) is 0 Å². The average Bonchev–Trinajstić information content (AvgIpc) is 3.77. The molecule has 13 rings (SSSR count). The zero-order valence-electron chi connectivity index (χ0n) is 36.7. The Morgan fingerprint density at radius 2 is 0.591 bits per heavy atom. The van der Waals surface area contributed by atoms with E-state index in [1.807, 2.05) is 0 Å². The van der Waals surface area contributed by atoms with Crippen molar-refractivity contribution < 1.29 is 0 Å². The quantitative estimate of drug-likeness (QED) is 0.115. The Hall–Kier alpha value is -7.23. The normalized spacial score (nSPS) is 12.4. The van der Waals surface area contributed by atoms with Gasteiger partial charge in [0.05, 0.1) is 0 Å². The number of benzene rings is 12. The van der Waals surface area contributed by atoms with Crippen LogP contribution in [0.15, 0.2) is 237 Å². The van der Waals surface area contributed by atoms with Gasteiger partial charge in [-0.05, 0) is 0 Å². The molecule has 0 radical (unpaired) electrons. The molecule has 0 aromatic heterocycles. The van der Waals surface area contributed by atoms with Gasteiger partial charge >= 0.3 is 342 Å². The number of hydrogen-bond acceptors (Lipinski definition) is 0. The molecule has 0 unspecified atom stereocenters. The van der Waals surface area contributed by atoms with Crippen molar-refractivity contribution in [1.82, 2.24) is 0 Å². The van der Waals surface area contributed by atoms with Crippen molar-refractivity contribution in [2.24, 2.45) is 0 Å². The van der Waals surface area contributed by atoms with E-state index in [0.717, 1.165) is 0 Å². The predicted molar refractivity (Wildman–Crippen MR) is 292 cm³/mol. The van der Waals surface area contributed by atoms with Crippen LogP contribution in [0.2, 0.25) is 0 Å². The molecule has 2 heteroatoms. The van der Waals surface area contributed by atoms with Gasteiger partial charge < -0.3 is 0 Å². The first-order valence-corrected chi connectivity index (χ1v) is 28.2.